The summed E-state index contributed by atoms with van der Waals surface area (Å²) in [5.41, 5.74) is 6.42. The lowest BCUT2D eigenvalue weighted by atomic mass is 10.2. The molecule has 0 aliphatic heterocycles. The van der Waals surface area contributed by atoms with Gasteiger partial charge in [-0.05, 0) is 19.8 Å². The van der Waals surface area contributed by atoms with Gasteiger partial charge in [0.25, 0.3) is 0 Å². The van der Waals surface area contributed by atoms with E-state index in [-0.39, 0.29) is 6.04 Å². The number of nitrogens with two attached hydrogens (primary N) is 1. The summed E-state index contributed by atoms with van der Waals surface area (Å²) < 4.78 is 0. The van der Waals surface area contributed by atoms with Gasteiger partial charge in [0.15, 0.2) is 0 Å². The molecule has 3 N–H and O–H groups in total. The molecule has 1 aliphatic carbocycles. The zero-order valence-corrected chi connectivity index (χ0v) is 8.67. The molecular weight excluding hydrogens is 200 g/mol. The van der Waals surface area contributed by atoms with Crippen molar-refractivity contribution >= 4 is 17.3 Å². The smallest absolute Gasteiger partial charge is 0.347 e. The van der Waals surface area contributed by atoms with Crippen LogP contribution in [0.3, 0.4) is 0 Å². The molecule has 5 heteroatoms. The number of rotatable bonds is 3. The fourth-order valence-corrected chi connectivity index (χ4v) is 2.27. The van der Waals surface area contributed by atoms with Crippen LogP contribution in [0.25, 0.3) is 0 Å². The van der Waals surface area contributed by atoms with Crippen molar-refractivity contribution in [3.63, 3.8) is 0 Å². The van der Waals surface area contributed by atoms with Crippen molar-refractivity contribution in [2.45, 2.75) is 31.7 Å². The Morgan fingerprint density at radius 3 is 2.79 bits per heavy atom. The average Bonchev–Trinajstić information content (AvgIpc) is 2.83. The van der Waals surface area contributed by atoms with Gasteiger partial charge in [0.05, 0.1) is 11.7 Å². The molecule has 1 unspecified atom stereocenters. The minimum atomic E-state index is -0.878. The van der Waals surface area contributed by atoms with Gasteiger partial charge in [-0.15, -0.1) is 11.3 Å². The van der Waals surface area contributed by atoms with Crippen molar-refractivity contribution in [2.75, 3.05) is 0 Å². The van der Waals surface area contributed by atoms with Crippen molar-refractivity contribution < 1.29 is 9.90 Å². The van der Waals surface area contributed by atoms with Gasteiger partial charge < -0.3 is 10.8 Å². The normalized spacial score (nSPS) is 18.1. The second-order valence-electron chi connectivity index (χ2n) is 3.63. The van der Waals surface area contributed by atoms with Crippen LogP contribution in [0.1, 0.15) is 52.1 Å². The highest BCUT2D eigenvalue weighted by Crippen LogP contribution is 2.43. The molecule has 1 aromatic rings. The first-order chi connectivity index (χ1) is 6.59. The molecule has 1 aliphatic rings. The number of hydrogen-bond acceptors (Lipinski definition) is 4. The van der Waals surface area contributed by atoms with Crippen LogP contribution in [0.15, 0.2) is 0 Å². The molecule has 76 valence electrons. The van der Waals surface area contributed by atoms with Gasteiger partial charge in [0, 0.05) is 5.92 Å². The number of thiazole rings is 1. The van der Waals surface area contributed by atoms with Crippen LogP contribution in [0, 0.1) is 0 Å². The Morgan fingerprint density at radius 2 is 2.36 bits per heavy atom. The van der Waals surface area contributed by atoms with Crippen molar-refractivity contribution in [1.29, 1.82) is 0 Å². The molecule has 0 saturated heterocycles. The van der Waals surface area contributed by atoms with Crippen molar-refractivity contribution in [1.82, 2.24) is 4.98 Å². The quantitative estimate of drug-likeness (QED) is 0.800. The van der Waals surface area contributed by atoms with E-state index in [0.29, 0.717) is 10.8 Å². The Hall–Kier alpha value is -0.940. The molecule has 4 nitrogen and oxygen atoms in total. The Kier molecular flexibility index (Phi) is 2.28. The van der Waals surface area contributed by atoms with E-state index in [0.717, 1.165) is 23.5 Å². The predicted molar refractivity (Wildman–Crippen MR) is 53.7 cm³/mol. The molecular formula is C9H12N2O2S. The van der Waals surface area contributed by atoms with Crippen LogP contribution >= 0.6 is 11.3 Å². The fourth-order valence-electron chi connectivity index (χ4n) is 1.33. The van der Waals surface area contributed by atoms with Crippen LogP contribution in [0.5, 0.6) is 0 Å². The highest BCUT2D eigenvalue weighted by molar-refractivity contribution is 7.13. The van der Waals surface area contributed by atoms with E-state index in [1.807, 2.05) is 6.92 Å². The molecule has 0 aromatic carbocycles. The Bertz CT molecular complexity index is 369. The molecule has 2 rings (SSSR count). The zero-order valence-electron chi connectivity index (χ0n) is 7.86. The van der Waals surface area contributed by atoms with Crippen molar-refractivity contribution in [2.24, 2.45) is 5.73 Å². The molecule has 1 saturated carbocycles. The molecule has 0 spiro atoms. The van der Waals surface area contributed by atoms with Crippen LogP contribution in [-0.2, 0) is 0 Å². The summed E-state index contributed by atoms with van der Waals surface area (Å²) in [5, 5.41) is 9.69. The molecule has 0 bridgehead atoms. The number of carbonyl (C=O) groups is 1. The third kappa shape index (κ3) is 1.65. The van der Waals surface area contributed by atoms with Gasteiger partial charge in [-0.3, -0.25) is 0 Å². The van der Waals surface area contributed by atoms with E-state index in [1.54, 1.807) is 0 Å². The molecule has 0 radical (unpaired) electrons. The molecule has 1 aromatic heterocycles. The number of carboxylic acids is 1. The maximum Gasteiger partial charge on any atom is 0.347 e. The number of hydrogen-bond donors (Lipinski definition) is 2. The van der Waals surface area contributed by atoms with Crippen LogP contribution in [0.2, 0.25) is 0 Å². The molecule has 14 heavy (non-hydrogen) atoms. The van der Waals surface area contributed by atoms with Crippen molar-refractivity contribution in [3.8, 4) is 0 Å². The van der Waals surface area contributed by atoms with Gasteiger partial charge >= 0.3 is 5.97 Å². The average molecular weight is 212 g/mol. The van der Waals surface area contributed by atoms with E-state index in [4.69, 9.17) is 10.8 Å². The molecule has 1 atom stereocenters. The van der Waals surface area contributed by atoms with E-state index < -0.39 is 5.97 Å². The first-order valence-electron chi connectivity index (χ1n) is 4.59. The predicted octanol–water partition coefficient (Wildman–Crippen LogP) is 1.74. The maximum atomic E-state index is 10.9. The van der Waals surface area contributed by atoms with E-state index in [1.165, 1.54) is 11.3 Å². The highest BCUT2D eigenvalue weighted by atomic mass is 32.1. The van der Waals surface area contributed by atoms with Crippen LogP contribution in [-0.4, -0.2) is 16.1 Å². The molecule has 0 amide bonds. The lowest BCUT2D eigenvalue weighted by Crippen LogP contribution is -2.04. The Labute approximate surface area is 85.8 Å². The second-order valence-corrected chi connectivity index (χ2v) is 4.67. The fraction of sp³-hybridized carbons (Fsp3) is 0.556. The highest BCUT2D eigenvalue weighted by Gasteiger charge is 2.32. The van der Waals surface area contributed by atoms with Gasteiger partial charge in [-0.1, -0.05) is 0 Å². The van der Waals surface area contributed by atoms with E-state index in [9.17, 15) is 4.79 Å². The third-order valence-corrected chi connectivity index (χ3v) is 3.48. The first kappa shape index (κ1) is 9.61. The third-order valence-electron chi connectivity index (χ3n) is 2.22. The first-order valence-corrected chi connectivity index (χ1v) is 5.40. The van der Waals surface area contributed by atoms with Crippen molar-refractivity contribution in [3.05, 3.63) is 15.6 Å². The summed E-state index contributed by atoms with van der Waals surface area (Å²) in [5.74, 6) is -0.513. The lowest BCUT2D eigenvalue weighted by molar-refractivity contribution is 0.0700. The topological polar surface area (TPSA) is 76.2 Å². The van der Waals surface area contributed by atoms with E-state index in [2.05, 4.69) is 4.98 Å². The summed E-state index contributed by atoms with van der Waals surface area (Å²) >= 11 is 1.21. The lowest BCUT2D eigenvalue weighted by Gasteiger charge is -1.96. The van der Waals surface area contributed by atoms with Gasteiger partial charge in [0.2, 0.25) is 0 Å². The van der Waals surface area contributed by atoms with Crippen LogP contribution in [0.4, 0.5) is 0 Å². The Morgan fingerprint density at radius 1 is 1.71 bits per heavy atom. The number of aromatic nitrogens is 1. The van der Waals surface area contributed by atoms with Gasteiger partial charge in [-0.25, -0.2) is 9.78 Å². The van der Waals surface area contributed by atoms with Crippen LogP contribution < -0.4 is 5.73 Å². The second kappa shape index (κ2) is 3.33. The summed E-state index contributed by atoms with van der Waals surface area (Å²) in [6.07, 6.45) is 2.12. The van der Waals surface area contributed by atoms with Gasteiger partial charge in [0.1, 0.15) is 9.88 Å². The molecule has 1 heterocycles. The summed E-state index contributed by atoms with van der Waals surface area (Å²) in [4.78, 5) is 15.6. The van der Waals surface area contributed by atoms with Gasteiger partial charge in [-0.2, -0.15) is 0 Å². The minimum Gasteiger partial charge on any atom is -0.477 e. The largest absolute Gasteiger partial charge is 0.477 e. The number of carboxylic acid groups (broad SMARTS) is 1. The summed E-state index contributed by atoms with van der Waals surface area (Å²) in [6, 6.07) is -0.175. The summed E-state index contributed by atoms with van der Waals surface area (Å²) in [7, 11) is 0. The molecule has 1 fully saturated rings. The monoisotopic (exact) mass is 212 g/mol. The Balaban J connectivity index is 2.40. The zero-order chi connectivity index (χ0) is 10.3. The SMILES string of the molecule is CC(N)c1nc(C2CC2)c(C(=O)O)s1. The maximum absolute atomic E-state index is 10.9. The number of aromatic carboxylic acids is 1. The number of nitrogens with zero attached hydrogens (tertiary/aromatic N) is 1. The standard InChI is InChI=1S/C9H12N2O2S/c1-4(10)8-11-6(5-2-3-5)7(14-8)9(12)13/h4-5H,2-3,10H2,1H3,(H,12,13). The van der Waals surface area contributed by atoms with E-state index >= 15 is 0 Å². The minimum absolute atomic E-state index is 0.175. The summed E-state index contributed by atoms with van der Waals surface area (Å²) in [6.45, 7) is 1.82.